The summed E-state index contributed by atoms with van der Waals surface area (Å²) in [5.41, 5.74) is 6.43. The minimum absolute atomic E-state index is 0.0433. The molecular formula is C8H12N2O3S. The summed E-state index contributed by atoms with van der Waals surface area (Å²) in [4.78, 5) is 3.84. The van der Waals surface area contributed by atoms with E-state index in [2.05, 4.69) is 4.98 Å². The second-order valence-electron chi connectivity index (χ2n) is 2.87. The highest BCUT2D eigenvalue weighted by Crippen LogP contribution is 2.13. The maximum Gasteiger partial charge on any atom is 0.197 e. The fourth-order valence-electron chi connectivity index (χ4n) is 0.947. The molecule has 0 aliphatic carbocycles. The lowest BCUT2D eigenvalue weighted by molar-refractivity contribution is 0.319. The van der Waals surface area contributed by atoms with Gasteiger partial charge < -0.3 is 10.8 Å². The maximum absolute atomic E-state index is 11.4. The van der Waals surface area contributed by atoms with E-state index in [-0.39, 0.29) is 10.8 Å². The van der Waals surface area contributed by atoms with Crippen LogP contribution in [0.25, 0.3) is 0 Å². The molecule has 1 aromatic heterocycles. The molecule has 3 N–H and O–H groups in total. The number of nitrogens with zero attached hydrogens (tertiary/aromatic N) is 1. The van der Waals surface area contributed by atoms with Gasteiger partial charge in [-0.2, -0.15) is 0 Å². The summed E-state index contributed by atoms with van der Waals surface area (Å²) in [5.74, 6) is -0.316. The van der Waals surface area contributed by atoms with Crippen LogP contribution in [0.15, 0.2) is 17.2 Å². The molecule has 0 radical (unpaired) electrons. The van der Waals surface area contributed by atoms with Gasteiger partial charge in [-0.3, -0.25) is 0 Å². The standard InChI is InChI=1S/C8H12N2O3S/c1-6-7(9)2-3-8(10-6)14(12,13)5-4-11/h2-3,11H,4-5,9H2,1H3. The molecule has 1 rings (SSSR count). The summed E-state index contributed by atoms with van der Waals surface area (Å²) in [7, 11) is -3.47. The summed E-state index contributed by atoms with van der Waals surface area (Å²) in [6.07, 6.45) is 0. The zero-order chi connectivity index (χ0) is 10.8. The van der Waals surface area contributed by atoms with Crippen LogP contribution in [0, 0.1) is 6.92 Å². The van der Waals surface area contributed by atoms with Crippen LogP contribution in [0.2, 0.25) is 0 Å². The smallest absolute Gasteiger partial charge is 0.197 e. The largest absolute Gasteiger partial charge is 0.397 e. The summed E-state index contributed by atoms with van der Waals surface area (Å²) in [6.45, 7) is 1.22. The molecule has 0 atom stereocenters. The Morgan fingerprint density at radius 1 is 1.50 bits per heavy atom. The molecule has 14 heavy (non-hydrogen) atoms. The predicted molar refractivity (Wildman–Crippen MR) is 52.5 cm³/mol. The predicted octanol–water partition coefficient (Wildman–Crippen LogP) is -0.262. The van der Waals surface area contributed by atoms with Gasteiger partial charge in [-0.15, -0.1) is 0 Å². The molecule has 0 aromatic carbocycles. The van der Waals surface area contributed by atoms with Crippen LogP contribution in [0.1, 0.15) is 5.69 Å². The fourth-order valence-corrected chi connectivity index (χ4v) is 1.95. The molecule has 78 valence electrons. The number of aliphatic hydroxyl groups is 1. The van der Waals surface area contributed by atoms with Crippen LogP contribution in [0.5, 0.6) is 0 Å². The highest BCUT2D eigenvalue weighted by molar-refractivity contribution is 7.91. The SMILES string of the molecule is Cc1nc(S(=O)(=O)CCO)ccc1N. The number of aliphatic hydroxyl groups excluding tert-OH is 1. The van der Waals surface area contributed by atoms with Crippen molar-refractivity contribution in [3.8, 4) is 0 Å². The Hall–Kier alpha value is -1.14. The number of nitrogen functional groups attached to an aromatic ring is 1. The molecule has 0 saturated carbocycles. The van der Waals surface area contributed by atoms with Crippen molar-refractivity contribution in [2.45, 2.75) is 11.9 Å². The van der Waals surface area contributed by atoms with Gasteiger partial charge >= 0.3 is 0 Å². The van der Waals surface area contributed by atoms with E-state index in [1.54, 1.807) is 6.92 Å². The molecule has 0 aliphatic rings. The molecule has 0 bridgehead atoms. The van der Waals surface area contributed by atoms with Crippen LogP contribution < -0.4 is 5.73 Å². The van der Waals surface area contributed by atoms with E-state index in [0.717, 1.165) is 0 Å². The van der Waals surface area contributed by atoms with Crippen molar-refractivity contribution in [1.29, 1.82) is 0 Å². The number of sulfone groups is 1. The van der Waals surface area contributed by atoms with Crippen molar-refractivity contribution in [3.63, 3.8) is 0 Å². The number of anilines is 1. The number of hydrogen-bond donors (Lipinski definition) is 2. The molecule has 0 fully saturated rings. The maximum atomic E-state index is 11.4. The van der Waals surface area contributed by atoms with Crippen LogP contribution in [0.4, 0.5) is 5.69 Å². The highest BCUT2D eigenvalue weighted by atomic mass is 32.2. The van der Waals surface area contributed by atoms with Crippen LogP contribution in [-0.2, 0) is 9.84 Å². The topological polar surface area (TPSA) is 93.3 Å². The third-order valence-corrected chi connectivity index (χ3v) is 3.36. The molecule has 0 aliphatic heterocycles. The quantitative estimate of drug-likeness (QED) is 0.726. The monoisotopic (exact) mass is 216 g/mol. The zero-order valence-corrected chi connectivity index (χ0v) is 8.58. The second-order valence-corrected chi connectivity index (χ2v) is 4.92. The van der Waals surface area contributed by atoms with Crippen molar-refractivity contribution >= 4 is 15.5 Å². The van der Waals surface area contributed by atoms with Gasteiger partial charge in [0, 0.05) is 0 Å². The van der Waals surface area contributed by atoms with Gasteiger partial charge in [0.25, 0.3) is 0 Å². The first-order chi connectivity index (χ1) is 6.47. The Balaban J connectivity index is 3.15. The second kappa shape index (κ2) is 3.93. The van der Waals surface area contributed by atoms with Gasteiger partial charge in [-0.1, -0.05) is 0 Å². The van der Waals surface area contributed by atoms with Gasteiger partial charge in [0.15, 0.2) is 14.9 Å². The van der Waals surface area contributed by atoms with Crippen molar-refractivity contribution in [2.75, 3.05) is 18.1 Å². The first kappa shape index (κ1) is 10.9. The Kier molecular flexibility index (Phi) is 3.07. The average Bonchev–Trinajstić information content (AvgIpc) is 2.09. The van der Waals surface area contributed by atoms with Crippen molar-refractivity contribution in [1.82, 2.24) is 4.98 Å². The summed E-state index contributed by atoms with van der Waals surface area (Å²) < 4.78 is 22.9. The van der Waals surface area contributed by atoms with Crippen LogP contribution in [0.3, 0.4) is 0 Å². The summed E-state index contributed by atoms with van der Waals surface area (Å²) >= 11 is 0. The molecule has 5 nitrogen and oxygen atoms in total. The molecule has 0 amide bonds. The summed E-state index contributed by atoms with van der Waals surface area (Å²) in [5, 5.41) is 8.51. The van der Waals surface area contributed by atoms with Crippen molar-refractivity contribution in [2.24, 2.45) is 0 Å². The lowest BCUT2D eigenvalue weighted by atomic mass is 10.3. The number of hydrogen-bond acceptors (Lipinski definition) is 5. The number of pyridine rings is 1. The van der Waals surface area contributed by atoms with Gasteiger partial charge in [0.1, 0.15) is 0 Å². The molecular weight excluding hydrogens is 204 g/mol. The van der Waals surface area contributed by atoms with E-state index in [4.69, 9.17) is 10.8 Å². The number of aromatic nitrogens is 1. The van der Waals surface area contributed by atoms with Crippen molar-refractivity contribution in [3.05, 3.63) is 17.8 Å². The van der Waals surface area contributed by atoms with Gasteiger partial charge in [0.2, 0.25) is 0 Å². The Morgan fingerprint density at radius 3 is 2.64 bits per heavy atom. The molecule has 1 heterocycles. The summed E-state index contributed by atoms with van der Waals surface area (Å²) in [6, 6.07) is 2.83. The van der Waals surface area contributed by atoms with Crippen LogP contribution in [-0.4, -0.2) is 30.9 Å². The van der Waals surface area contributed by atoms with E-state index in [1.165, 1.54) is 12.1 Å². The lowest BCUT2D eigenvalue weighted by Gasteiger charge is -2.04. The number of rotatable bonds is 3. The highest BCUT2D eigenvalue weighted by Gasteiger charge is 2.15. The van der Waals surface area contributed by atoms with Crippen molar-refractivity contribution < 1.29 is 13.5 Å². The molecule has 1 aromatic rings. The molecule has 0 saturated heterocycles. The normalized spacial score (nSPS) is 11.6. The minimum atomic E-state index is -3.47. The average molecular weight is 216 g/mol. The van der Waals surface area contributed by atoms with E-state index in [0.29, 0.717) is 11.4 Å². The molecule has 0 spiro atoms. The van der Waals surface area contributed by atoms with E-state index in [9.17, 15) is 8.42 Å². The van der Waals surface area contributed by atoms with E-state index in [1.807, 2.05) is 0 Å². The third-order valence-electron chi connectivity index (χ3n) is 1.78. The Morgan fingerprint density at radius 2 is 2.14 bits per heavy atom. The number of nitrogens with two attached hydrogens (primary N) is 1. The fraction of sp³-hybridized carbons (Fsp3) is 0.375. The van der Waals surface area contributed by atoms with Gasteiger partial charge in [0.05, 0.1) is 23.7 Å². The van der Waals surface area contributed by atoms with Gasteiger partial charge in [-0.25, -0.2) is 13.4 Å². The van der Waals surface area contributed by atoms with Crippen LogP contribution >= 0.6 is 0 Å². The third kappa shape index (κ3) is 2.21. The molecule has 0 unspecified atom stereocenters. The number of aryl methyl sites for hydroxylation is 1. The minimum Gasteiger partial charge on any atom is -0.397 e. The lowest BCUT2D eigenvalue weighted by Crippen LogP contribution is -2.12. The zero-order valence-electron chi connectivity index (χ0n) is 7.77. The van der Waals surface area contributed by atoms with Gasteiger partial charge in [-0.05, 0) is 19.1 Å². The first-order valence-corrected chi connectivity index (χ1v) is 5.69. The Labute approximate surface area is 82.5 Å². The van der Waals surface area contributed by atoms with E-state index < -0.39 is 16.4 Å². The Bertz CT molecular complexity index is 428. The first-order valence-electron chi connectivity index (χ1n) is 4.04. The molecule has 6 heteroatoms. The van der Waals surface area contributed by atoms with E-state index >= 15 is 0 Å².